The van der Waals surface area contributed by atoms with E-state index in [4.69, 9.17) is 28.4 Å². The Kier molecular flexibility index (Phi) is 7.03. The fourth-order valence-corrected chi connectivity index (χ4v) is 4.38. The maximum absolute atomic E-state index is 13.1. The van der Waals surface area contributed by atoms with Crippen LogP contribution in [0.1, 0.15) is 31.1 Å². The highest BCUT2D eigenvalue weighted by molar-refractivity contribution is 5.84. The molecule has 0 spiro atoms. The maximum atomic E-state index is 13.1. The summed E-state index contributed by atoms with van der Waals surface area (Å²) in [6, 6.07) is 12.9. The van der Waals surface area contributed by atoms with Crippen LogP contribution in [0.2, 0.25) is 0 Å². The average molecular weight is 456 g/mol. The number of carbonyl (C=O) groups is 2. The van der Waals surface area contributed by atoms with Gasteiger partial charge in [-0.25, -0.2) is 0 Å². The molecule has 2 aliphatic heterocycles. The van der Waals surface area contributed by atoms with Crippen LogP contribution in [0.4, 0.5) is 0 Å². The van der Waals surface area contributed by atoms with Crippen molar-refractivity contribution >= 4 is 11.9 Å². The summed E-state index contributed by atoms with van der Waals surface area (Å²) in [5.41, 5.74) is 1.66. The molecule has 1 fully saturated rings. The van der Waals surface area contributed by atoms with E-state index < -0.39 is 36.0 Å². The van der Waals surface area contributed by atoms with Gasteiger partial charge in [-0.15, -0.1) is 0 Å². The van der Waals surface area contributed by atoms with Gasteiger partial charge < -0.3 is 28.4 Å². The van der Waals surface area contributed by atoms with E-state index in [9.17, 15) is 9.59 Å². The molecule has 4 atom stereocenters. The van der Waals surface area contributed by atoms with Crippen molar-refractivity contribution in [2.45, 2.75) is 32.5 Å². The van der Waals surface area contributed by atoms with Crippen LogP contribution in [0, 0.1) is 11.8 Å². The lowest BCUT2D eigenvalue weighted by atomic mass is 9.83. The molecule has 0 aromatic heterocycles. The van der Waals surface area contributed by atoms with Crippen LogP contribution in [0.3, 0.4) is 0 Å². The van der Waals surface area contributed by atoms with Crippen LogP contribution in [0.25, 0.3) is 0 Å². The number of fused-ring (bicyclic) bond motifs is 1. The fraction of sp³-hybridized carbons (Fsp3) is 0.440. The van der Waals surface area contributed by atoms with Crippen molar-refractivity contribution in [2.75, 3.05) is 27.1 Å². The first-order valence-corrected chi connectivity index (χ1v) is 11.1. The number of rotatable bonds is 8. The molecule has 0 saturated carbocycles. The molecule has 8 nitrogen and oxygen atoms in total. The highest BCUT2D eigenvalue weighted by atomic mass is 16.7. The number of ether oxygens (including phenoxy) is 6. The summed E-state index contributed by atoms with van der Waals surface area (Å²) in [5, 5.41) is 0. The minimum atomic E-state index is -0.837. The Morgan fingerprint density at radius 1 is 0.909 bits per heavy atom. The third-order valence-electron chi connectivity index (χ3n) is 5.87. The van der Waals surface area contributed by atoms with Gasteiger partial charge in [0.05, 0.1) is 38.4 Å². The van der Waals surface area contributed by atoms with E-state index >= 15 is 0 Å². The first kappa shape index (κ1) is 22.9. The SMILES string of the molecule is CCOC(=O)[C@@H]1[C@H](C(=O)OCC)[C@H](Cc2ccc3c(c2)OCO3)O[C@@H]1c1ccc(OC)cc1. The van der Waals surface area contributed by atoms with Crippen LogP contribution < -0.4 is 14.2 Å². The number of esters is 2. The Balaban J connectivity index is 1.68. The highest BCUT2D eigenvalue weighted by Gasteiger charge is 2.53. The molecule has 2 aliphatic rings. The van der Waals surface area contributed by atoms with Gasteiger partial charge in [-0.05, 0) is 55.7 Å². The van der Waals surface area contributed by atoms with Gasteiger partial charge in [0.15, 0.2) is 11.5 Å². The summed E-state index contributed by atoms with van der Waals surface area (Å²) in [4.78, 5) is 26.1. The van der Waals surface area contributed by atoms with Crippen LogP contribution in [-0.2, 0) is 30.2 Å². The van der Waals surface area contributed by atoms with Gasteiger partial charge in [0, 0.05) is 0 Å². The van der Waals surface area contributed by atoms with Gasteiger partial charge in [0.2, 0.25) is 6.79 Å². The smallest absolute Gasteiger partial charge is 0.312 e. The molecule has 0 amide bonds. The van der Waals surface area contributed by atoms with Crippen molar-refractivity contribution in [3.63, 3.8) is 0 Å². The lowest BCUT2D eigenvalue weighted by molar-refractivity contribution is -0.159. The highest BCUT2D eigenvalue weighted by Crippen LogP contribution is 2.45. The molecule has 1 saturated heterocycles. The van der Waals surface area contributed by atoms with Gasteiger partial charge >= 0.3 is 11.9 Å². The van der Waals surface area contributed by atoms with E-state index in [2.05, 4.69) is 0 Å². The maximum Gasteiger partial charge on any atom is 0.312 e. The van der Waals surface area contributed by atoms with Crippen LogP contribution in [0.5, 0.6) is 17.2 Å². The summed E-state index contributed by atoms with van der Waals surface area (Å²) in [6.07, 6.45) is -0.864. The van der Waals surface area contributed by atoms with Crippen molar-refractivity contribution in [2.24, 2.45) is 11.8 Å². The van der Waals surface area contributed by atoms with Gasteiger partial charge in [0.25, 0.3) is 0 Å². The normalized spacial score (nSPS) is 23.2. The Bertz CT molecular complexity index is 986. The molecule has 0 bridgehead atoms. The minimum Gasteiger partial charge on any atom is -0.497 e. The summed E-state index contributed by atoms with van der Waals surface area (Å²) in [5.74, 6) is -0.608. The summed E-state index contributed by atoms with van der Waals surface area (Å²) in [7, 11) is 1.58. The van der Waals surface area contributed by atoms with Gasteiger partial charge in [-0.2, -0.15) is 0 Å². The molecule has 0 unspecified atom stereocenters. The second-order valence-electron chi connectivity index (χ2n) is 7.82. The topological polar surface area (TPSA) is 89.5 Å². The lowest BCUT2D eigenvalue weighted by Gasteiger charge is -2.21. The molecule has 8 heteroatoms. The van der Waals surface area contributed by atoms with Crippen molar-refractivity contribution in [1.29, 1.82) is 0 Å². The van der Waals surface area contributed by atoms with E-state index in [0.29, 0.717) is 23.7 Å². The van der Waals surface area contributed by atoms with Gasteiger partial charge in [-0.3, -0.25) is 9.59 Å². The molecular weight excluding hydrogens is 428 g/mol. The molecule has 2 aromatic carbocycles. The van der Waals surface area contributed by atoms with Crippen molar-refractivity contribution in [3.05, 3.63) is 53.6 Å². The zero-order chi connectivity index (χ0) is 23.4. The third-order valence-corrected chi connectivity index (χ3v) is 5.87. The first-order valence-electron chi connectivity index (χ1n) is 11.1. The number of methoxy groups -OCH3 is 1. The molecule has 33 heavy (non-hydrogen) atoms. The first-order chi connectivity index (χ1) is 16.0. The van der Waals surface area contributed by atoms with Gasteiger partial charge in [0.1, 0.15) is 11.7 Å². The lowest BCUT2D eigenvalue weighted by Crippen LogP contribution is -2.36. The Morgan fingerprint density at radius 3 is 2.24 bits per heavy atom. The molecule has 2 heterocycles. The number of benzene rings is 2. The summed E-state index contributed by atoms with van der Waals surface area (Å²) >= 11 is 0. The van der Waals surface area contributed by atoms with E-state index in [-0.39, 0.29) is 20.0 Å². The monoisotopic (exact) mass is 456 g/mol. The largest absolute Gasteiger partial charge is 0.497 e. The third kappa shape index (κ3) is 4.75. The Labute approximate surface area is 192 Å². The molecular formula is C25H28O8. The molecule has 0 radical (unpaired) electrons. The van der Waals surface area contributed by atoms with Crippen molar-refractivity contribution in [3.8, 4) is 17.2 Å². The average Bonchev–Trinajstić information content (AvgIpc) is 3.44. The summed E-state index contributed by atoms with van der Waals surface area (Å²) in [6.45, 7) is 4.05. The Morgan fingerprint density at radius 2 is 1.58 bits per heavy atom. The fourth-order valence-electron chi connectivity index (χ4n) is 4.38. The van der Waals surface area contributed by atoms with E-state index in [1.54, 1.807) is 33.1 Å². The van der Waals surface area contributed by atoms with Crippen LogP contribution in [0.15, 0.2) is 42.5 Å². The zero-order valence-electron chi connectivity index (χ0n) is 18.9. The quantitative estimate of drug-likeness (QED) is 0.558. The van der Waals surface area contributed by atoms with Crippen LogP contribution in [-0.4, -0.2) is 45.2 Å². The predicted molar refractivity (Wildman–Crippen MR) is 117 cm³/mol. The molecule has 4 rings (SSSR count). The minimum absolute atomic E-state index is 0.175. The molecule has 2 aromatic rings. The number of hydrogen-bond acceptors (Lipinski definition) is 8. The van der Waals surface area contributed by atoms with Crippen molar-refractivity contribution < 1.29 is 38.0 Å². The van der Waals surface area contributed by atoms with E-state index in [1.807, 2.05) is 30.3 Å². The molecule has 176 valence electrons. The number of hydrogen-bond donors (Lipinski definition) is 0. The second kappa shape index (κ2) is 10.1. The van der Waals surface area contributed by atoms with Crippen LogP contribution >= 0.6 is 0 Å². The number of carbonyl (C=O) groups excluding carboxylic acids is 2. The predicted octanol–water partition coefficient (Wildman–Crippen LogP) is 3.47. The molecule has 0 aliphatic carbocycles. The van der Waals surface area contributed by atoms with Gasteiger partial charge in [-0.1, -0.05) is 18.2 Å². The zero-order valence-corrected chi connectivity index (χ0v) is 18.9. The van der Waals surface area contributed by atoms with Crippen molar-refractivity contribution in [1.82, 2.24) is 0 Å². The standard InChI is InChI=1S/C25H28O8/c1-4-29-24(26)21-20(13-15-6-11-18-19(12-15)32-14-31-18)33-23(22(21)25(27)30-5-2)16-7-9-17(28-3)10-8-16/h6-12,20-23H,4-5,13-14H2,1-3H3/t20-,21+,22+,23+/m0/s1. The Hall–Kier alpha value is -3.26. The van der Waals surface area contributed by atoms with E-state index in [1.165, 1.54) is 0 Å². The van der Waals surface area contributed by atoms with E-state index in [0.717, 1.165) is 11.1 Å². The molecule has 0 N–H and O–H groups in total. The summed E-state index contributed by atoms with van der Waals surface area (Å²) < 4.78 is 33.2. The second-order valence-corrected chi connectivity index (χ2v) is 7.82.